The second-order valence-corrected chi connectivity index (χ2v) is 9.45. The largest absolute Gasteiger partial charge is 0.492 e. The lowest BCUT2D eigenvalue weighted by molar-refractivity contribution is 0.0947. The third-order valence-electron chi connectivity index (χ3n) is 5.74. The number of rotatable bonds is 7. The van der Waals surface area contributed by atoms with Gasteiger partial charge >= 0.3 is 0 Å². The van der Waals surface area contributed by atoms with Gasteiger partial charge in [-0.1, -0.05) is 89.2 Å². The van der Waals surface area contributed by atoms with E-state index in [1.165, 1.54) is 16.7 Å². The minimum Gasteiger partial charge on any atom is -0.492 e. The molecule has 0 aromatic heterocycles. The maximum atomic E-state index is 12.3. The Morgan fingerprint density at radius 1 is 0.742 bits per heavy atom. The van der Waals surface area contributed by atoms with Gasteiger partial charge in [-0.15, -0.1) is 0 Å². The molecule has 162 valence electrons. The van der Waals surface area contributed by atoms with Crippen LogP contribution in [0, 0.1) is 0 Å². The van der Waals surface area contributed by atoms with Gasteiger partial charge in [0.25, 0.3) is 5.91 Å². The van der Waals surface area contributed by atoms with Crippen LogP contribution in [0.1, 0.15) is 61.7 Å². The van der Waals surface area contributed by atoms with Crippen LogP contribution < -0.4 is 10.1 Å². The molecule has 0 aliphatic carbocycles. The van der Waals surface area contributed by atoms with Crippen LogP contribution in [0.5, 0.6) is 5.75 Å². The fraction of sp³-hybridized carbons (Fsp3) is 0.321. The van der Waals surface area contributed by atoms with E-state index in [2.05, 4.69) is 76.3 Å². The van der Waals surface area contributed by atoms with Gasteiger partial charge in [-0.25, -0.2) is 0 Å². The molecule has 0 atom stereocenters. The van der Waals surface area contributed by atoms with Crippen molar-refractivity contribution < 1.29 is 9.53 Å². The quantitative estimate of drug-likeness (QED) is 0.472. The zero-order chi connectivity index (χ0) is 22.5. The number of carbonyl (C=O) groups is 1. The van der Waals surface area contributed by atoms with Crippen molar-refractivity contribution in [3.8, 4) is 5.75 Å². The van der Waals surface area contributed by atoms with Crippen molar-refractivity contribution in [2.24, 2.45) is 0 Å². The van der Waals surface area contributed by atoms with E-state index in [1.54, 1.807) is 0 Å². The lowest BCUT2D eigenvalue weighted by atomic mass is 9.78. The molecule has 3 heteroatoms. The summed E-state index contributed by atoms with van der Waals surface area (Å²) in [6.07, 6.45) is 0. The average molecular weight is 416 g/mol. The third-order valence-corrected chi connectivity index (χ3v) is 5.74. The van der Waals surface area contributed by atoms with Crippen molar-refractivity contribution in [2.45, 2.75) is 45.4 Å². The van der Waals surface area contributed by atoms with Crippen molar-refractivity contribution >= 4 is 5.91 Å². The van der Waals surface area contributed by atoms with Crippen molar-refractivity contribution in [3.63, 3.8) is 0 Å². The Bertz CT molecular complexity index is 982. The minimum atomic E-state index is -0.0796. The van der Waals surface area contributed by atoms with Gasteiger partial charge in [0.2, 0.25) is 0 Å². The third kappa shape index (κ3) is 5.75. The zero-order valence-electron chi connectivity index (χ0n) is 19.2. The highest BCUT2D eigenvalue weighted by atomic mass is 16.5. The highest BCUT2D eigenvalue weighted by molar-refractivity contribution is 5.94. The van der Waals surface area contributed by atoms with Gasteiger partial charge in [-0.05, 0) is 46.4 Å². The summed E-state index contributed by atoms with van der Waals surface area (Å²) in [6, 6.07) is 26.5. The lowest BCUT2D eigenvalue weighted by Gasteiger charge is -2.26. The van der Waals surface area contributed by atoms with Gasteiger partial charge in [0.1, 0.15) is 12.4 Å². The molecule has 1 amide bonds. The second kappa shape index (κ2) is 9.38. The molecule has 0 saturated carbocycles. The number of carbonyl (C=O) groups excluding carboxylic acids is 1. The van der Waals surface area contributed by atoms with E-state index in [0.29, 0.717) is 18.7 Å². The van der Waals surface area contributed by atoms with E-state index in [1.807, 2.05) is 42.5 Å². The molecule has 0 spiro atoms. The molecule has 31 heavy (non-hydrogen) atoms. The summed E-state index contributed by atoms with van der Waals surface area (Å²) in [6.45, 7) is 11.8. The molecular formula is C28H33NO2. The number of hydrogen-bond donors (Lipinski definition) is 1. The molecule has 0 heterocycles. The maximum Gasteiger partial charge on any atom is 0.251 e. The van der Waals surface area contributed by atoms with Gasteiger partial charge in [0.15, 0.2) is 0 Å². The van der Waals surface area contributed by atoms with Crippen molar-refractivity contribution in [2.75, 3.05) is 13.2 Å². The number of ether oxygens (including phenoxy) is 1. The van der Waals surface area contributed by atoms with Crippen molar-refractivity contribution in [1.29, 1.82) is 0 Å². The summed E-state index contributed by atoms with van der Waals surface area (Å²) in [5, 5.41) is 2.92. The van der Waals surface area contributed by atoms with Crippen LogP contribution >= 0.6 is 0 Å². The van der Waals surface area contributed by atoms with Gasteiger partial charge < -0.3 is 10.1 Å². The standard InChI is InChI=1S/C28H33NO2/c1-27(2,3)22-13-11-21(12-14-22)26(30)29-19-20-31-25-17-15-24(16-18-25)28(4,5)23-9-7-6-8-10-23/h6-18H,19-20H2,1-5H3,(H,29,30). The number of amides is 1. The summed E-state index contributed by atoms with van der Waals surface area (Å²) in [7, 11) is 0. The molecule has 0 aliphatic rings. The smallest absolute Gasteiger partial charge is 0.251 e. The highest BCUT2D eigenvalue weighted by Crippen LogP contribution is 2.32. The molecule has 0 radical (unpaired) electrons. The second-order valence-electron chi connectivity index (χ2n) is 9.45. The number of nitrogens with one attached hydrogen (secondary N) is 1. The van der Waals surface area contributed by atoms with E-state index < -0.39 is 0 Å². The van der Waals surface area contributed by atoms with Crippen LogP contribution in [0.4, 0.5) is 0 Å². The Kier molecular flexibility index (Phi) is 6.84. The number of hydrogen-bond acceptors (Lipinski definition) is 2. The van der Waals surface area contributed by atoms with Crippen LogP contribution in [0.2, 0.25) is 0 Å². The van der Waals surface area contributed by atoms with E-state index in [9.17, 15) is 4.79 Å². The first-order valence-electron chi connectivity index (χ1n) is 10.9. The maximum absolute atomic E-state index is 12.3. The first-order valence-corrected chi connectivity index (χ1v) is 10.9. The van der Waals surface area contributed by atoms with Crippen LogP contribution in [-0.4, -0.2) is 19.1 Å². The SMILES string of the molecule is CC(C)(C)c1ccc(C(=O)NCCOc2ccc(C(C)(C)c3ccccc3)cc2)cc1. The fourth-order valence-electron chi connectivity index (χ4n) is 3.55. The molecule has 1 N–H and O–H groups in total. The Labute approximate surface area is 186 Å². The van der Waals surface area contributed by atoms with E-state index >= 15 is 0 Å². The molecule has 0 fully saturated rings. The lowest BCUT2D eigenvalue weighted by Crippen LogP contribution is -2.28. The predicted molar refractivity (Wildman–Crippen MR) is 128 cm³/mol. The van der Waals surface area contributed by atoms with E-state index in [0.717, 1.165) is 5.75 Å². The first kappa shape index (κ1) is 22.6. The molecule has 0 bridgehead atoms. The Balaban J connectivity index is 1.49. The monoisotopic (exact) mass is 415 g/mol. The first-order chi connectivity index (χ1) is 14.7. The fourth-order valence-corrected chi connectivity index (χ4v) is 3.55. The van der Waals surface area contributed by atoms with Gasteiger partial charge in [-0.2, -0.15) is 0 Å². The summed E-state index contributed by atoms with van der Waals surface area (Å²) in [5.74, 6) is 0.723. The van der Waals surface area contributed by atoms with Crippen LogP contribution in [0.3, 0.4) is 0 Å². The van der Waals surface area contributed by atoms with Crippen molar-refractivity contribution in [1.82, 2.24) is 5.32 Å². The number of benzene rings is 3. The Morgan fingerprint density at radius 3 is 1.87 bits per heavy atom. The highest BCUT2D eigenvalue weighted by Gasteiger charge is 2.22. The minimum absolute atomic E-state index is 0.0731. The molecule has 0 saturated heterocycles. The Morgan fingerprint density at radius 2 is 1.29 bits per heavy atom. The zero-order valence-corrected chi connectivity index (χ0v) is 19.2. The molecule has 3 aromatic carbocycles. The van der Waals surface area contributed by atoms with Crippen LogP contribution in [0.25, 0.3) is 0 Å². The summed E-state index contributed by atoms with van der Waals surface area (Å²) in [5.41, 5.74) is 4.40. The van der Waals surface area contributed by atoms with Crippen LogP contribution in [0.15, 0.2) is 78.9 Å². The van der Waals surface area contributed by atoms with Gasteiger partial charge in [0, 0.05) is 11.0 Å². The average Bonchev–Trinajstić information content (AvgIpc) is 2.77. The van der Waals surface area contributed by atoms with Crippen LogP contribution in [-0.2, 0) is 10.8 Å². The van der Waals surface area contributed by atoms with E-state index in [4.69, 9.17) is 4.74 Å². The van der Waals surface area contributed by atoms with Crippen molar-refractivity contribution in [3.05, 3.63) is 101 Å². The molecule has 0 aliphatic heterocycles. The predicted octanol–water partition coefficient (Wildman–Crippen LogP) is 6.12. The normalized spacial score (nSPS) is 11.8. The summed E-state index contributed by atoms with van der Waals surface area (Å²) >= 11 is 0. The summed E-state index contributed by atoms with van der Waals surface area (Å²) < 4.78 is 5.81. The molecule has 0 unspecified atom stereocenters. The van der Waals surface area contributed by atoms with Gasteiger partial charge in [-0.3, -0.25) is 4.79 Å². The van der Waals surface area contributed by atoms with Gasteiger partial charge in [0.05, 0.1) is 6.54 Å². The topological polar surface area (TPSA) is 38.3 Å². The summed E-state index contributed by atoms with van der Waals surface area (Å²) in [4.78, 5) is 12.3. The molecule has 3 aromatic rings. The Hall–Kier alpha value is -3.07. The van der Waals surface area contributed by atoms with E-state index in [-0.39, 0.29) is 16.7 Å². The molecule has 3 nitrogen and oxygen atoms in total. The molecular weight excluding hydrogens is 382 g/mol. The molecule has 3 rings (SSSR count).